The van der Waals surface area contributed by atoms with Crippen LogP contribution in [0, 0.1) is 46.3 Å². The highest BCUT2D eigenvalue weighted by Crippen LogP contribution is 2.52. The van der Waals surface area contributed by atoms with Crippen molar-refractivity contribution in [2.75, 3.05) is 224 Å². The number of rotatable bonds is 9. The van der Waals surface area contributed by atoms with Gasteiger partial charge in [0.15, 0.2) is 5.82 Å². The molecule has 11 aliphatic heterocycles. The number of hydrogen-bond acceptors (Lipinski definition) is 27. The van der Waals surface area contributed by atoms with Gasteiger partial charge >= 0.3 is 0 Å². The van der Waals surface area contributed by atoms with Gasteiger partial charge in [-0.25, -0.2) is 28.7 Å². The second-order valence-electron chi connectivity index (χ2n) is 44.2. The minimum atomic E-state index is -0.481. The Kier molecular flexibility index (Phi) is 28.7. The molecule has 0 spiro atoms. The van der Waals surface area contributed by atoms with Crippen LogP contribution in [0.3, 0.4) is 0 Å². The van der Waals surface area contributed by atoms with Gasteiger partial charge in [0.25, 0.3) is 57.3 Å². The van der Waals surface area contributed by atoms with Gasteiger partial charge in [-0.15, -0.1) is 0 Å². The normalized spacial score (nSPS) is 23.9. The number of carbonyl (C=O) groups is 5. The summed E-state index contributed by atoms with van der Waals surface area (Å²) in [6, 6.07) is 8.46. The number of likely N-dealkylation sites (N-methyl/N-ethyl adjacent to an activating group) is 8. The van der Waals surface area contributed by atoms with Gasteiger partial charge in [-0.3, -0.25) is 95.6 Å². The molecule has 6 saturated heterocycles. The largest absolute Gasteiger partial charge is 0.354 e. The van der Waals surface area contributed by atoms with Crippen LogP contribution >= 0.6 is 46.4 Å². The molecule has 798 valence electrons. The summed E-state index contributed by atoms with van der Waals surface area (Å²) in [7, 11) is 28.3. The predicted octanol–water partition coefficient (Wildman–Crippen LogP) is 8.53. The molecule has 149 heavy (non-hydrogen) atoms. The van der Waals surface area contributed by atoms with Crippen molar-refractivity contribution in [2.45, 2.75) is 186 Å². The number of hydrogen-bond donors (Lipinski definition) is 0. The molecule has 0 radical (unpaired) electrons. The van der Waals surface area contributed by atoms with Gasteiger partial charge in [-0.05, 0) is 209 Å². The van der Waals surface area contributed by atoms with Gasteiger partial charge in [-0.2, -0.15) is 0 Å². The standard InChI is InChI=1S/C22H26ClFN4O2.C21H27ClN6O2.C21H29ClN6O2.C21H26ClN5O2.C21H29FN6O2/c1-11-9-27-16(10-25(11)3)21(29)28(13-6-5-7-13)20-19(27)14-8-15(23)12(2)17(24)18(14)26(4)22(20)30;1-11-7-27-16(10-25(11)4)20(29)28(13-8-24(3)9-13)18-17(27)14-6-15(22)12(2)23-19(14)26(5)21(18)30;1-12-10-28-16(11-25(12)5)20(29)27(8-7-24(3)4)18-17(28)14-9-15(22)13(2)23-19(14)26(6)21(18)30;1-11-9-26-16(10-24(11)3)20(28)27(13-6-5-7-13)18-17(26)14-8-15(22)12(2)23-19(14)25(4)21(18)29;1-12-10-28-16(11-25(12)5)20(29)27(8-7-24(3)4)18-17(28)14-9-15(22)13(2)23-19(14)26(6)21(18)30/h8,11,13,16H,5-7,9-10H2,1-4H3;6,11,13,16H,7-10H2,1-5H3;9,12,16H,7-8,10-11H2,1-6H3;8,11,13,16H,5-7,9-10H2,1-4H3;9,12,16H,7-8,10-11H2,1-6H3. The lowest BCUT2D eigenvalue weighted by atomic mass is 9.88. The van der Waals surface area contributed by atoms with Gasteiger partial charge in [0.1, 0.15) is 87.1 Å². The number of aryl methyl sites for hydroxylation is 9. The van der Waals surface area contributed by atoms with Gasteiger partial charge in [0.05, 0.1) is 77.8 Å². The first-order chi connectivity index (χ1) is 70.4. The van der Waals surface area contributed by atoms with E-state index in [4.69, 9.17) is 46.4 Å². The maximum Gasteiger partial charge on any atom is 0.278 e. The Hall–Kier alpha value is -11.1. The number of carbonyl (C=O) groups excluding carboxylic acids is 5. The summed E-state index contributed by atoms with van der Waals surface area (Å²) in [5.41, 5.74) is 9.79. The number of likely N-dealkylation sites (tertiary alicyclic amines) is 1. The number of halogens is 6. The van der Waals surface area contributed by atoms with E-state index in [2.05, 4.69) is 113 Å². The number of amides is 5. The van der Waals surface area contributed by atoms with Crippen molar-refractivity contribution in [3.8, 4) is 0 Å². The molecule has 10 atom stereocenters. The first-order valence-electron chi connectivity index (χ1n) is 51.7. The number of piperazine rings is 5. The topological polar surface area (TPSA) is 305 Å². The average Bonchev–Trinajstić information content (AvgIpc) is 0.711. The Morgan fingerprint density at radius 3 is 0.872 bits per heavy atom. The SMILES string of the molecule is Cc1c(Cl)cc2c3c(c(=O)n(C)c2c1F)N(C1CCC1)C(=O)C1CN(C)C(C)CN31.Cc1nc2c(cc1Cl)c1c(c(=O)n2C)N(C2CCC2)C(=O)C2CN(C)C(C)CN12.Cc1nc2c(cc1Cl)c1c(c(=O)n2C)N(C2CN(C)C2)C(=O)C2CN(C)C(C)CN12.Cc1nc2c(cc1Cl)c1c(c(=O)n2C)N(CCN(C)C)C(=O)C2CN(C)C(C)CN12.Cc1nc2c(cc1F)c1c(c(=O)n2C)N(CCN(C)C)C(=O)C2CN(C)C(C)CN12. The fourth-order valence-electron chi connectivity index (χ4n) is 23.7. The van der Waals surface area contributed by atoms with Crippen LogP contribution in [0.1, 0.15) is 101 Å². The smallest absolute Gasteiger partial charge is 0.278 e. The molecule has 0 N–H and O–H groups in total. The number of pyridine rings is 9. The first kappa shape index (κ1) is 106. The lowest BCUT2D eigenvalue weighted by Gasteiger charge is -2.53. The molecule has 1 aromatic carbocycles. The second kappa shape index (κ2) is 40.2. The highest BCUT2D eigenvalue weighted by Gasteiger charge is 2.55. The maximum absolute atomic E-state index is 15.3. The molecule has 10 aromatic rings. The van der Waals surface area contributed by atoms with E-state index >= 15 is 4.39 Å². The minimum Gasteiger partial charge on any atom is -0.354 e. The molecule has 43 heteroatoms. The summed E-state index contributed by atoms with van der Waals surface area (Å²) >= 11 is 25.8. The van der Waals surface area contributed by atoms with E-state index in [9.17, 15) is 52.3 Å². The van der Waals surface area contributed by atoms with Crippen molar-refractivity contribution < 1.29 is 32.8 Å². The van der Waals surface area contributed by atoms with E-state index in [0.29, 0.717) is 208 Å². The molecule has 2 aliphatic carbocycles. The summed E-state index contributed by atoms with van der Waals surface area (Å²) < 4.78 is 37.3. The van der Waals surface area contributed by atoms with Crippen LogP contribution in [0.15, 0.2) is 54.3 Å². The molecule has 23 rings (SSSR count). The van der Waals surface area contributed by atoms with Crippen molar-refractivity contribution in [3.63, 3.8) is 0 Å². The minimum absolute atomic E-state index is 0.00656. The number of benzene rings is 1. The maximum atomic E-state index is 15.3. The van der Waals surface area contributed by atoms with Crippen LogP contribution in [0.25, 0.3) is 55.0 Å². The molecular formula is C106H137Cl4F2N27O10. The molecule has 13 aliphatic rings. The average molecular weight is 2130 g/mol. The Morgan fingerprint density at radius 1 is 0.315 bits per heavy atom. The third-order valence-electron chi connectivity index (χ3n) is 33.9. The van der Waals surface area contributed by atoms with Crippen LogP contribution < -0.4 is 76.8 Å². The fraction of sp³-hybridized carbons (Fsp3) is 0.566. The highest BCUT2D eigenvalue weighted by molar-refractivity contribution is 6.34. The van der Waals surface area contributed by atoms with Crippen LogP contribution in [-0.4, -0.2) is 365 Å². The number of anilines is 10. The number of nitrogens with zero attached hydrogens (tertiary/aromatic N) is 27. The molecular weight excluding hydrogens is 1990 g/mol. The summed E-state index contributed by atoms with van der Waals surface area (Å²) in [6.07, 6.45) is 5.79. The molecule has 10 unspecified atom stereocenters. The van der Waals surface area contributed by atoms with E-state index in [-0.39, 0.29) is 135 Å². The van der Waals surface area contributed by atoms with E-state index in [1.165, 1.54) is 19.8 Å². The Labute approximate surface area is 885 Å². The summed E-state index contributed by atoms with van der Waals surface area (Å²) in [6.45, 7) is 29.2. The quantitative estimate of drug-likeness (QED) is 0.131. The zero-order valence-corrected chi connectivity index (χ0v) is 92.9. The van der Waals surface area contributed by atoms with E-state index in [1.54, 1.807) is 88.8 Å². The lowest BCUT2D eigenvalue weighted by Crippen LogP contribution is -2.70. The summed E-state index contributed by atoms with van der Waals surface area (Å²) in [5, 5.41) is 5.67. The third-order valence-corrected chi connectivity index (χ3v) is 35.5. The Morgan fingerprint density at radius 2 is 0.577 bits per heavy atom. The van der Waals surface area contributed by atoms with Crippen LogP contribution in [-0.2, 0) is 59.2 Å². The van der Waals surface area contributed by atoms with Crippen molar-refractivity contribution >= 4 is 188 Å². The highest BCUT2D eigenvalue weighted by atomic mass is 35.5. The third kappa shape index (κ3) is 17.7. The van der Waals surface area contributed by atoms with E-state index < -0.39 is 23.7 Å². The fourth-order valence-corrected chi connectivity index (χ4v) is 24.3. The number of fused-ring (bicyclic) bond motifs is 25. The van der Waals surface area contributed by atoms with E-state index in [1.807, 2.05) is 115 Å². The van der Waals surface area contributed by atoms with Crippen LogP contribution in [0.5, 0.6) is 0 Å². The first-order valence-corrected chi connectivity index (χ1v) is 53.2. The Balaban J connectivity index is 0.000000117. The Bertz CT molecular complexity index is 7380. The van der Waals surface area contributed by atoms with Crippen molar-refractivity contribution in [1.29, 1.82) is 0 Å². The molecule has 37 nitrogen and oxygen atoms in total. The summed E-state index contributed by atoms with van der Waals surface area (Å²) in [5.74, 6) is -0.970. The zero-order chi connectivity index (χ0) is 107. The van der Waals surface area contributed by atoms with Crippen LogP contribution in [0.4, 0.5) is 65.7 Å². The summed E-state index contributed by atoms with van der Waals surface area (Å²) in [4.78, 5) is 190. The second-order valence-corrected chi connectivity index (χ2v) is 45.9. The van der Waals surface area contributed by atoms with Gasteiger partial charge in [0.2, 0.25) is 0 Å². The molecule has 8 fully saturated rings. The van der Waals surface area contributed by atoms with Gasteiger partial charge in [0, 0.05) is 220 Å². The zero-order valence-electron chi connectivity index (χ0n) is 89.9. The van der Waals surface area contributed by atoms with Gasteiger partial charge < -0.3 is 63.4 Å². The lowest BCUT2D eigenvalue weighted by molar-refractivity contribution is -0.123. The monoisotopic (exact) mass is 2130 g/mol. The van der Waals surface area contributed by atoms with Crippen LogP contribution in [0.2, 0.25) is 20.1 Å². The predicted molar refractivity (Wildman–Crippen MR) is 588 cm³/mol. The van der Waals surface area contributed by atoms with Crippen molar-refractivity contribution in [1.82, 2.24) is 82.0 Å². The molecule has 0 bridgehead atoms. The van der Waals surface area contributed by atoms with E-state index in [0.717, 1.165) is 84.8 Å². The molecule has 20 heterocycles. The molecule has 9 aromatic heterocycles. The number of aromatic nitrogens is 9. The van der Waals surface area contributed by atoms with Gasteiger partial charge in [-0.1, -0.05) is 46.4 Å². The van der Waals surface area contributed by atoms with Crippen molar-refractivity contribution in [2.24, 2.45) is 35.2 Å². The van der Waals surface area contributed by atoms with Crippen molar-refractivity contribution in [3.05, 3.63) is 142 Å². The molecule has 2 saturated carbocycles. The molecule has 5 amide bonds.